The Morgan fingerprint density at radius 2 is 2.00 bits per heavy atom. The smallest absolute Gasteiger partial charge is 0.0494 e. The fourth-order valence-electron chi connectivity index (χ4n) is 1.49. The van der Waals surface area contributed by atoms with Crippen LogP contribution in [-0.2, 0) is 13.0 Å². The van der Waals surface area contributed by atoms with E-state index < -0.39 is 0 Å². The lowest BCUT2D eigenvalue weighted by Gasteiger charge is -2.04. The Hall–Kier alpha value is -0.550. The van der Waals surface area contributed by atoms with Crippen molar-refractivity contribution in [2.75, 3.05) is 5.32 Å². The molecule has 0 atom stereocenters. The van der Waals surface area contributed by atoms with Crippen LogP contribution < -0.4 is 5.32 Å². The van der Waals surface area contributed by atoms with E-state index in [-0.39, 0.29) is 0 Å². The minimum atomic E-state index is 0.921. The fraction of sp³-hybridized carbons (Fsp3) is 0.231. The third-order valence-corrected chi connectivity index (χ3v) is 4.26. The highest BCUT2D eigenvalue weighted by Gasteiger charge is 1.98. The molecule has 3 heteroatoms. The zero-order valence-corrected chi connectivity index (χ0v) is 12.1. The van der Waals surface area contributed by atoms with Crippen molar-refractivity contribution in [3.05, 3.63) is 49.7 Å². The first-order valence-corrected chi connectivity index (χ1v) is 7.24. The Morgan fingerprint density at radius 3 is 2.69 bits per heavy atom. The van der Waals surface area contributed by atoms with Crippen molar-refractivity contribution in [3.63, 3.8) is 0 Å². The number of anilines is 1. The molecule has 1 nitrogen and oxygen atoms in total. The number of halogens is 1. The molecule has 2 aromatic rings. The summed E-state index contributed by atoms with van der Waals surface area (Å²) in [6.07, 6.45) is 1.13. The highest BCUT2D eigenvalue weighted by atomic mass is 127. The normalized spacial score (nSPS) is 10.4. The second-order valence-corrected chi connectivity index (χ2v) is 6.08. The van der Waals surface area contributed by atoms with Crippen LogP contribution in [0.3, 0.4) is 0 Å². The van der Waals surface area contributed by atoms with Crippen molar-refractivity contribution in [1.82, 2.24) is 0 Å². The Morgan fingerprint density at radius 1 is 1.19 bits per heavy atom. The summed E-state index contributed by atoms with van der Waals surface area (Å²) in [6, 6.07) is 12.9. The van der Waals surface area contributed by atoms with E-state index in [0.717, 1.165) is 13.0 Å². The maximum absolute atomic E-state index is 3.44. The molecule has 0 saturated heterocycles. The van der Waals surface area contributed by atoms with Gasteiger partial charge in [-0.3, -0.25) is 0 Å². The highest BCUT2D eigenvalue weighted by molar-refractivity contribution is 14.1. The molecule has 0 unspecified atom stereocenters. The molecule has 2 rings (SSSR count). The standard InChI is InChI=1S/C13H14INS/c1-2-12-6-7-13(16-12)9-15-11-5-3-4-10(14)8-11/h3-8,15H,2,9H2,1H3. The predicted octanol–water partition coefficient (Wildman–Crippen LogP) is 4.53. The zero-order valence-electron chi connectivity index (χ0n) is 9.16. The van der Waals surface area contributed by atoms with Crippen molar-refractivity contribution in [2.24, 2.45) is 0 Å². The maximum atomic E-state index is 3.44. The minimum Gasteiger partial charge on any atom is -0.380 e. The molecule has 84 valence electrons. The molecular weight excluding hydrogens is 329 g/mol. The zero-order chi connectivity index (χ0) is 11.4. The van der Waals surface area contributed by atoms with Gasteiger partial charge >= 0.3 is 0 Å². The topological polar surface area (TPSA) is 12.0 Å². The summed E-state index contributed by atoms with van der Waals surface area (Å²) in [5.41, 5.74) is 1.19. The van der Waals surface area contributed by atoms with E-state index in [1.807, 2.05) is 11.3 Å². The lowest BCUT2D eigenvalue weighted by Crippen LogP contribution is -1.97. The largest absolute Gasteiger partial charge is 0.380 e. The molecule has 0 aliphatic carbocycles. The first-order valence-electron chi connectivity index (χ1n) is 5.35. The van der Waals surface area contributed by atoms with Crippen LogP contribution in [0, 0.1) is 3.57 Å². The number of thiophene rings is 1. The molecule has 1 aromatic heterocycles. The second kappa shape index (κ2) is 5.68. The van der Waals surface area contributed by atoms with Crippen molar-refractivity contribution in [2.45, 2.75) is 19.9 Å². The van der Waals surface area contributed by atoms with Gasteiger partial charge in [-0.15, -0.1) is 11.3 Å². The molecule has 1 N–H and O–H groups in total. The molecule has 0 aliphatic rings. The molecule has 0 aliphatic heterocycles. The Balaban J connectivity index is 1.96. The van der Waals surface area contributed by atoms with Gasteiger partial charge in [-0.2, -0.15) is 0 Å². The minimum absolute atomic E-state index is 0.921. The van der Waals surface area contributed by atoms with E-state index in [0.29, 0.717) is 0 Å². The molecule has 0 amide bonds. The summed E-state index contributed by atoms with van der Waals surface area (Å²) >= 11 is 4.22. The molecule has 0 radical (unpaired) electrons. The predicted molar refractivity (Wildman–Crippen MR) is 80.2 cm³/mol. The van der Waals surface area contributed by atoms with Crippen LogP contribution in [0.5, 0.6) is 0 Å². The summed E-state index contributed by atoms with van der Waals surface area (Å²) in [6.45, 7) is 3.12. The molecule has 0 bridgehead atoms. The van der Waals surface area contributed by atoms with Gasteiger partial charge in [0.05, 0.1) is 0 Å². The molecular formula is C13H14INS. The average molecular weight is 343 g/mol. The lowest BCUT2D eigenvalue weighted by atomic mass is 10.3. The van der Waals surface area contributed by atoms with Crippen molar-refractivity contribution in [1.29, 1.82) is 0 Å². The van der Waals surface area contributed by atoms with Crippen LogP contribution in [0.4, 0.5) is 5.69 Å². The summed E-state index contributed by atoms with van der Waals surface area (Å²) in [5.74, 6) is 0. The number of benzene rings is 1. The molecule has 16 heavy (non-hydrogen) atoms. The first-order chi connectivity index (χ1) is 7.78. The van der Waals surface area contributed by atoms with Crippen LogP contribution in [0.2, 0.25) is 0 Å². The van der Waals surface area contributed by atoms with Crippen LogP contribution in [0.15, 0.2) is 36.4 Å². The van der Waals surface area contributed by atoms with Gasteiger partial charge in [0.15, 0.2) is 0 Å². The number of rotatable bonds is 4. The molecule has 0 spiro atoms. The molecule has 1 aromatic carbocycles. The molecule has 0 fully saturated rings. The fourth-order valence-corrected chi connectivity index (χ4v) is 2.94. The van der Waals surface area contributed by atoms with Gasteiger partial charge in [-0.25, -0.2) is 0 Å². The van der Waals surface area contributed by atoms with E-state index >= 15 is 0 Å². The highest BCUT2D eigenvalue weighted by Crippen LogP contribution is 2.19. The quantitative estimate of drug-likeness (QED) is 0.805. The van der Waals surface area contributed by atoms with Gasteiger partial charge in [0.1, 0.15) is 0 Å². The van der Waals surface area contributed by atoms with Crippen molar-refractivity contribution in [3.8, 4) is 0 Å². The van der Waals surface area contributed by atoms with E-state index in [1.165, 1.54) is 19.0 Å². The Labute approximate surface area is 114 Å². The third-order valence-electron chi connectivity index (χ3n) is 2.36. The van der Waals surface area contributed by atoms with Gasteiger partial charge in [0.2, 0.25) is 0 Å². The van der Waals surface area contributed by atoms with Gasteiger partial charge < -0.3 is 5.32 Å². The van der Waals surface area contributed by atoms with E-state index in [1.54, 1.807) is 0 Å². The third kappa shape index (κ3) is 3.22. The Bertz CT molecular complexity index is 464. The first kappa shape index (κ1) is 11.9. The number of nitrogens with one attached hydrogen (secondary N) is 1. The van der Waals surface area contributed by atoms with Crippen LogP contribution in [0.1, 0.15) is 16.7 Å². The van der Waals surface area contributed by atoms with E-state index in [4.69, 9.17) is 0 Å². The van der Waals surface area contributed by atoms with Crippen LogP contribution in [-0.4, -0.2) is 0 Å². The molecule has 1 heterocycles. The van der Waals surface area contributed by atoms with Gasteiger partial charge in [0.25, 0.3) is 0 Å². The summed E-state index contributed by atoms with van der Waals surface area (Å²) < 4.78 is 1.27. The monoisotopic (exact) mass is 343 g/mol. The second-order valence-electron chi connectivity index (χ2n) is 3.59. The summed E-state index contributed by atoms with van der Waals surface area (Å²) in [7, 11) is 0. The lowest BCUT2D eigenvalue weighted by molar-refractivity contribution is 1.19. The maximum Gasteiger partial charge on any atom is 0.0494 e. The SMILES string of the molecule is CCc1ccc(CNc2cccc(I)c2)s1. The molecule has 0 saturated carbocycles. The number of hydrogen-bond donors (Lipinski definition) is 1. The number of hydrogen-bond acceptors (Lipinski definition) is 2. The van der Waals surface area contributed by atoms with E-state index in [9.17, 15) is 0 Å². The van der Waals surface area contributed by atoms with Gasteiger partial charge in [0, 0.05) is 25.6 Å². The average Bonchev–Trinajstić information content (AvgIpc) is 2.74. The van der Waals surface area contributed by atoms with Crippen LogP contribution in [0.25, 0.3) is 0 Å². The Kier molecular flexibility index (Phi) is 4.23. The van der Waals surface area contributed by atoms with Crippen LogP contribution >= 0.6 is 33.9 Å². The number of aryl methyl sites for hydroxylation is 1. The van der Waals surface area contributed by atoms with Crippen molar-refractivity contribution < 1.29 is 0 Å². The van der Waals surface area contributed by atoms with Gasteiger partial charge in [-0.05, 0) is 59.3 Å². The van der Waals surface area contributed by atoms with Gasteiger partial charge in [-0.1, -0.05) is 13.0 Å². The summed E-state index contributed by atoms with van der Waals surface area (Å²) in [5, 5.41) is 3.44. The summed E-state index contributed by atoms with van der Waals surface area (Å²) in [4.78, 5) is 2.86. The van der Waals surface area contributed by atoms with E-state index in [2.05, 4.69) is 71.2 Å². The van der Waals surface area contributed by atoms with Crippen molar-refractivity contribution >= 4 is 39.6 Å².